The SMILES string of the molecule is CCCOC(=O)C1=C(C)NC2=C(C(=O)C(C(=O)OC)C(C)C2)C1c1cccc(OC)c1. The van der Waals surface area contributed by atoms with Crippen molar-refractivity contribution < 1.29 is 28.6 Å². The number of rotatable bonds is 6. The van der Waals surface area contributed by atoms with Crippen LogP contribution in [0.25, 0.3) is 0 Å². The lowest BCUT2D eigenvalue weighted by molar-refractivity contribution is -0.151. The van der Waals surface area contributed by atoms with Gasteiger partial charge >= 0.3 is 11.9 Å². The van der Waals surface area contributed by atoms with Crippen LogP contribution in [0, 0.1) is 11.8 Å². The molecule has 1 aliphatic carbocycles. The topological polar surface area (TPSA) is 90.9 Å². The average Bonchev–Trinajstić information content (AvgIpc) is 2.76. The molecule has 3 atom stereocenters. The van der Waals surface area contributed by atoms with Crippen molar-refractivity contribution in [3.63, 3.8) is 0 Å². The summed E-state index contributed by atoms with van der Waals surface area (Å²) in [4.78, 5) is 39.1. The Hall–Kier alpha value is -3.09. The van der Waals surface area contributed by atoms with Gasteiger partial charge in [-0.25, -0.2) is 4.79 Å². The monoisotopic (exact) mass is 427 g/mol. The van der Waals surface area contributed by atoms with Crippen LogP contribution >= 0.6 is 0 Å². The maximum Gasteiger partial charge on any atom is 0.336 e. The van der Waals surface area contributed by atoms with E-state index in [9.17, 15) is 14.4 Å². The molecule has 166 valence electrons. The summed E-state index contributed by atoms with van der Waals surface area (Å²) in [6, 6.07) is 7.27. The standard InChI is InChI=1S/C24H29NO6/c1-6-10-31-24(28)19-14(3)25-17-11-13(2)18(23(27)30-5)22(26)21(17)20(19)15-8-7-9-16(12-15)29-4/h7-9,12-13,18,20,25H,6,10-11H2,1-5H3. The van der Waals surface area contributed by atoms with Crippen LogP contribution in [0.2, 0.25) is 0 Å². The van der Waals surface area contributed by atoms with Crippen LogP contribution in [0.4, 0.5) is 0 Å². The smallest absolute Gasteiger partial charge is 0.336 e. The summed E-state index contributed by atoms with van der Waals surface area (Å²) < 4.78 is 15.7. The summed E-state index contributed by atoms with van der Waals surface area (Å²) >= 11 is 0. The molecule has 0 amide bonds. The molecule has 1 aromatic rings. The van der Waals surface area contributed by atoms with Gasteiger partial charge in [0.2, 0.25) is 0 Å². The van der Waals surface area contributed by atoms with E-state index in [0.717, 1.165) is 11.3 Å². The van der Waals surface area contributed by atoms with E-state index in [-0.39, 0.29) is 18.3 Å². The van der Waals surface area contributed by atoms with Gasteiger partial charge in [-0.1, -0.05) is 26.0 Å². The molecular formula is C24H29NO6. The largest absolute Gasteiger partial charge is 0.497 e. The highest BCUT2D eigenvalue weighted by Crippen LogP contribution is 2.45. The average molecular weight is 427 g/mol. The molecule has 1 N–H and O–H groups in total. The zero-order valence-electron chi connectivity index (χ0n) is 18.6. The van der Waals surface area contributed by atoms with E-state index in [4.69, 9.17) is 14.2 Å². The first kappa shape index (κ1) is 22.6. The van der Waals surface area contributed by atoms with Gasteiger partial charge in [0.1, 0.15) is 11.7 Å². The molecule has 1 heterocycles. The molecule has 7 nitrogen and oxygen atoms in total. The number of benzene rings is 1. The number of Topliss-reactive ketones (excluding diaryl/α,β-unsaturated/α-hetero) is 1. The van der Waals surface area contributed by atoms with Crippen molar-refractivity contribution in [1.82, 2.24) is 5.32 Å². The molecule has 0 saturated carbocycles. The highest BCUT2D eigenvalue weighted by Gasteiger charge is 2.47. The van der Waals surface area contributed by atoms with Gasteiger partial charge in [-0.2, -0.15) is 0 Å². The van der Waals surface area contributed by atoms with Crippen LogP contribution in [-0.4, -0.2) is 38.5 Å². The first-order chi connectivity index (χ1) is 14.8. The number of carbonyl (C=O) groups is 3. The molecule has 0 saturated heterocycles. The van der Waals surface area contributed by atoms with Gasteiger partial charge in [-0.15, -0.1) is 0 Å². The second-order valence-electron chi connectivity index (χ2n) is 7.95. The zero-order chi connectivity index (χ0) is 22.7. The molecule has 0 fully saturated rings. The molecule has 3 rings (SSSR count). The van der Waals surface area contributed by atoms with Gasteiger partial charge in [-0.05, 0) is 43.4 Å². The summed E-state index contributed by atoms with van der Waals surface area (Å²) in [5.41, 5.74) is 2.88. The van der Waals surface area contributed by atoms with Gasteiger partial charge < -0.3 is 19.5 Å². The number of methoxy groups -OCH3 is 2. The van der Waals surface area contributed by atoms with Crippen LogP contribution in [-0.2, 0) is 23.9 Å². The van der Waals surface area contributed by atoms with Crippen molar-refractivity contribution >= 4 is 17.7 Å². The minimum atomic E-state index is -0.912. The summed E-state index contributed by atoms with van der Waals surface area (Å²) in [6.45, 7) is 5.86. The number of allylic oxidation sites excluding steroid dienone is 3. The molecule has 1 aliphatic heterocycles. The Morgan fingerprint density at radius 3 is 2.61 bits per heavy atom. The first-order valence-corrected chi connectivity index (χ1v) is 10.5. The predicted molar refractivity (Wildman–Crippen MR) is 114 cm³/mol. The lowest BCUT2D eigenvalue weighted by atomic mass is 9.69. The summed E-state index contributed by atoms with van der Waals surface area (Å²) in [5, 5.41) is 3.25. The Bertz CT molecular complexity index is 961. The first-order valence-electron chi connectivity index (χ1n) is 10.5. The molecular weight excluding hydrogens is 398 g/mol. The lowest BCUT2D eigenvalue weighted by Gasteiger charge is -2.38. The maximum atomic E-state index is 13.6. The van der Waals surface area contributed by atoms with Crippen molar-refractivity contribution in [2.45, 2.75) is 39.5 Å². The van der Waals surface area contributed by atoms with E-state index < -0.39 is 23.8 Å². The van der Waals surface area contributed by atoms with Crippen LogP contribution < -0.4 is 10.1 Å². The minimum Gasteiger partial charge on any atom is -0.497 e. The van der Waals surface area contributed by atoms with Gasteiger partial charge in [0.15, 0.2) is 5.78 Å². The third kappa shape index (κ3) is 4.22. The fraction of sp³-hybridized carbons (Fsp3) is 0.458. The van der Waals surface area contributed by atoms with Gasteiger partial charge in [0.25, 0.3) is 0 Å². The van der Waals surface area contributed by atoms with E-state index in [1.165, 1.54) is 7.11 Å². The third-order valence-corrected chi connectivity index (χ3v) is 5.83. The lowest BCUT2D eigenvalue weighted by Crippen LogP contribution is -2.43. The minimum absolute atomic E-state index is 0.224. The number of dihydropyridines is 1. The second kappa shape index (κ2) is 9.37. The number of esters is 2. The number of hydrogen-bond acceptors (Lipinski definition) is 7. The fourth-order valence-electron chi connectivity index (χ4n) is 4.38. The van der Waals surface area contributed by atoms with Crippen molar-refractivity contribution in [1.29, 1.82) is 0 Å². The molecule has 7 heteroatoms. The molecule has 31 heavy (non-hydrogen) atoms. The molecule has 0 radical (unpaired) electrons. The van der Waals surface area contributed by atoms with Gasteiger partial charge in [-0.3, -0.25) is 9.59 Å². The number of hydrogen-bond donors (Lipinski definition) is 1. The maximum absolute atomic E-state index is 13.6. The number of carbonyl (C=O) groups excluding carboxylic acids is 3. The Balaban J connectivity index is 2.17. The van der Waals surface area contributed by atoms with Crippen LogP contribution in [0.3, 0.4) is 0 Å². The number of nitrogens with one attached hydrogen (secondary N) is 1. The Labute approximate surface area is 182 Å². The molecule has 3 unspecified atom stereocenters. The summed E-state index contributed by atoms with van der Waals surface area (Å²) in [7, 11) is 2.84. The van der Waals surface area contributed by atoms with Crippen LogP contribution in [0.1, 0.15) is 45.1 Å². The van der Waals surface area contributed by atoms with Crippen molar-refractivity contribution in [2.24, 2.45) is 11.8 Å². The van der Waals surface area contributed by atoms with Crippen molar-refractivity contribution in [3.8, 4) is 5.75 Å². The Kier molecular flexibility index (Phi) is 6.83. The molecule has 0 spiro atoms. The molecule has 0 aromatic heterocycles. The van der Waals surface area contributed by atoms with Gasteiger partial charge in [0.05, 0.1) is 26.4 Å². The van der Waals surface area contributed by atoms with Crippen molar-refractivity contribution in [2.75, 3.05) is 20.8 Å². The number of ether oxygens (including phenoxy) is 3. The molecule has 0 bridgehead atoms. The van der Waals surface area contributed by atoms with Gasteiger partial charge in [0, 0.05) is 22.9 Å². The summed E-state index contributed by atoms with van der Waals surface area (Å²) in [5.74, 6) is -2.55. The Morgan fingerprint density at radius 2 is 1.97 bits per heavy atom. The van der Waals surface area contributed by atoms with Crippen molar-refractivity contribution in [3.05, 3.63) is 52.4 Å². The Morgan fingerprint density at radius 1 is 1.23 bits per heavy atom. The third-order valence-electron chi connectivity index (χ3n) is 5.83. The van der Waals surface area contributed by atoms with E-state index in [1.54, 1.807) is 26.2 Å². The predicted octanol–water partition coefficient (Wildman–Crippen LogP) is 3.26. The highest BCUT2D eigenvalue weighted by molar-refractivity contribution is 6.12. The zero-order valence-corrected chi connectivity index (χ0v) is 18.6. The quantitative estimate of drug-likeness (QED) is 0.550. The van der Waals surface area contributed by atoms with E-state index in [2.05, 4.69) is 5.32 Å². The number of ketones is 1. The molecule has 2 aliphatic rings. The van der Waals surface area contributed by atoms with E-state index in [1.807, 2.05) is 26.0 Å². The normalized spacial score (nSPS) is 23.1. The summed E-state index contributed by atoms with van der Waals surface area (Å²) in [6.07, 6.45) is 1.18. The van der Waals surface area contributed by atoms with Crippen LogP contribution in [0.5, 0.6) is 5.75 Å². The molecule has 1 aromatic carbocycles. The second-order valence-corrected chi connectivity index (χ2v) is 7.95. The van der Waals surface area contributed by atoms with Crippen LogP contribution in [0.15, 0.2) is 46.8 Å². The van der Waals surface area contributed by atoms with E-state index >= 15 is 0 Å². The highest BCUT2D eigenvalue weighted by atomic mass is 16.5. The van der Waals surface area contributed by atoms with E-state index in [0.29, 0.717) is 35.4 Å². The fourth-order valence-corrected chi connectivity index (χ4v) is 4.38.